The topological polar surface area (TPSA) is 33.0 Å². The van der Waals surface area contributed by atoms with Crippen molar-refractivity contribution in [2.75, 3.05) is 7.11 Å². The first-order valence-electron chi connectivity index (χ1n) is 5.09. The number of nitrogens with zero attached hydrogens (tertiary/aromatic N) is 1. The Balaban J connectivity index is 2.64. The van der Waals surface area contributed by atoms with E-state index in [0.717, 1.165) is 0 Å². The van der Waals surface area contributed by atoms with Crippen LogP contribution in [0.5, 0.6) is 5.75 Å². The van der Waals surface area contributed by atoms with Crippen LogP contribution in [0.1, 0.15) is 5.56 Å². The third-order valence-corrected chi connectivity index (χ3v) is 2.51. The molecule has 0 fully saturated rings. The van der Waals surface area contributed by atoms with Gasteiger partial charge in [-0.15, -0.1) is 0 Å². The van der Waals surface area contributed by atoms with Crippen molar-refractivity contribution in [1.29, 1.82) is 5.26 Å². The van der Waals surface area contributed by atoms with Crippen LogP contribution in [0.4, 0.5) is 4.39 Å². The van der Waals surface area contributed by atoms with Gasteiger partial charge in [-0.25, -0.2) is 4.39 Å². The van der Waals surface area contributed by atoms with Gasteiger partial charge in [-0.2, -0.15) is 5.26 Å². The fraction of sp³-hybridized carbons (Fsp3) is 0.0714. The average molecular weight is 227 g/mol. The highest BCUT2D eigenvalue weighted by Gasteiger charge is 2.10. The monoisotopic (exact) mass is 227 g/mol. The molecule has 2 aromatic rings. The SMILES string of the molecule is COc1ccc(F)c(-c2ccccc2C#N)c1. The second-order valence-corrected chi connectivity index (χ2v) is 3.50. The van der Waals surface area contributed by atoms with Crippen molar-refractivity contribution in [2.45, 2.75) is 0 Å². The Kier molecular flexibility index (Phi) is 3.06. The van der Waals surface area contributed by atoms with E-state index in [1.54, 1.807) is 36.4 Å². The van der Waals surface area contributed by atoms with Crippen molar-refractivity contribution >= 4 is 0 Å². The van der Waals surface area contributed by atoms with Gasteiger partial charge in [0.25, 0.3) is 0 Å². The normalized spacial score (nSPS) is 9.71. The van der Waals surface area contributed by atoms with Crippen LogP contribution in [-0.2, 0) is 0 Å². The number of ether oxygens (including phenoxy) is 1. The highest BCUT2D eigenvalue weighted by molar-refractivity contribution is 5.72. The molecule has 0 aliphatic rings. The van der Waals surface area contributed by atoms with Crippen molar-refractivity contribution < 1.29 is 9.13 Å². The Morgan fingerprint density at radius 1 is 1.12 bits per heavy atom. The first-order chi connectivity index (χ1) is 8.26. The summed E-state index contributed by atoms with van der Waals surface area (Å²) in [5, 5.41) is 8.99. The predicted octanol–water partition coefficient (Wildman–Crippen LogP) is 3.37. The maximum atomic E-state index is 13.7. The van der Waals surface area contributed by atoms with E-state index >= 15 is 0 Å². The van der Waals surface area contributed by atoms with Crippen LogP contribution in [0, 0.1) is 17.1 Å². The molecule has 0 aliphatic carbocycles. The largest absolute Gasteiger partial charge is 0.497 e. The average Bonchev–Trinajstić information content (AvgIpc) is 2.39. The van der Waals surface area contributed by atoms with E-state index in [4.69, 9.17) is 10.00 Å². The lowest BCUT2D eigenvalue weighted by Gasteiger charge is -2.07. The minimum Gasteiger partial charge on any atom is -0.497 e. The molecule has 0 atom stereocenters. The molecule has 2 aromatic carbocycles. The highest BCUT2D eigenvalue weighted by atomic mass is 19.1. The van der Waals surface area contributed by atoms with Gasteiger partial charge >= 0.3 is 0 Å². The molecule has 17 heavy (non-hydrogen) atoms. The van der Waals surface area contributed by atoms with Gasteiger partial charge in [-0.3, -0.25) is 0 Å². The lowest BCUT2D eigenvalue weighted by atomic mass is 10.00. The molecule has 0 aliphatic heterocycles. The van der Waals surface area contributed by atoms with Gasteiger partial charge in [0.05, 0.1) is 18.7 Å². The molecule has 2 rings (SSSR count). The van der Waals surface area contributed by atoms with Crippen LogP contribution in [0.15, 0.2) is 42.5 Å². The minimum atomic E-state index is -0.367. The molecule has 0 bridgehead atoms. The van der Waals surface area contributed by atoms with Crippen LogP contribution in [0.2, 0.25) is 0 Å². The zero-order valence-electron chi connectivity index (χ0n) is 9.27. The summed E-state index contributed by atoms with van der Waals surface area (Å²) in [6.45, 7) is 0. The fourth-order valence-corrected chi connectivity index (χ4v) is 1.65. The van der Waals surface area contributed by atoms with E-state index in [2.05, 4.69) is 6.07 Å². The van der Waals surface area contributed by atoms with E-state index in [-0.39, 0.29) is 5.82 Å². The van der Waals surface area contributed by atoms with Crippen molar-refractivity contribution in [3.63, 3.8) is 0 Å². The third-order valence-electron chi connectivity index (χ3n) is 2.51. The van der Waals surface area contributed by atoms with Crippen LogP contribution in [0.3, 0.4) is 0 Å². The van der Waals surface area contributed by atoms with E-state index in [1.807, 2.05) is 0 Å². The number of rotatable bonds is 2. The quantitative estimate of drug-likeness (QED) is 0.788. The predicted molar refractivity (Wildman–Crippen MR) is 63.1 cm³/mol. The second-order valence-electron chi connectivity index (χ2n) is 3.50. The molecule has 0 radical (unpaired) electrons. The molecule has 0 N–H and O–H groups in total. The van der Waals surface area contributed by atoms with Gasteiger partial charge in [0.2, 0.25) is 0 Å². The van der Waals surface area contributed by atoms with Crippen molar-refractivity contribution in [3.8, 4) is 22.9 Å². The zero-order chi connectivity index (χ0) is 12.3. The van der Waals surface area contributed by atoms with E-state index in [9.17, 15) is 4.39 Å². The van der Waals surface area contributed by atoms with Gasteiger partial charge in [0.15, 0.2) is 0 Å². The summed E-state index contributed by atoms with van der Waals surface area (Å²) in [5.74, 6) is 0.197. The van der Waals surface area contributed by atoms with Gasteiger partial charge in [0, 0.05) is 11.1 Å². The fourth-order valence-electron chi connectivity index (χ4n) is 1.65. The Hall–Kier alpha value is -2.34. The summed E-state index contributed by atoms with van der Waals surface area (Å²) in [7, 11) is 1.52. The van der Waals surface area contributed by atoms with Crippen molar-refractivity contribution in [2.24, 2.45) is 0 Å². The molecule has 0 amide bonds. The smallest absolute Gasteiger partial charge is 0.131 e. The standard InChI is InChI=1S/C14H10FNO/c1-17-11-6-7-14(15)13(8-11)12-5-3-2-4-10(12)9-16/h2-8H,1H3. The number of hydrogen-bond donors (Lipinski definition) is 0. The molecule has 0 spiro atoms. The number of halogens is 1. The van der Waals surface area contributed by atoms with Crippen LogP contribution >= 0.6 is 0 Å². The summed E-state index contributed by atoms with van der Waals surface area (Å²) in [6.07, 6.45) is 0. The Morgan fingerprint density at radius 2 is 1.88 bits per heavy atom. The van der Waals surface area contributed by atoms with Crippen LogP contribution in [0.25, 0.3) is 11.1 Å². The van der Waals surface area contributed by atoms with Gasteiger partial charge < -0.3 is 4.74 Å². The molecule has 84 valence electrons. The highest BCUT2D eigenvalue weighted by Crippen LogP contribution is 2.29. The zero-order valence-corrected chi connectivity index (χ0v) is 9.27. The number of nitriles is 1. The van der Waals surface area contributed by atoms with E-state index in [1.165, 1.54) is 13.2 Å². The molecule has 0 heterocycles. The molecule has 0 saturated heterocycles. The maximum absolute atomic E-state index is 13.7. The Bertz CT molecular complexity index is 587. The van der Waals surface area contributed by atoms with Gasteiger partial charge in [-0.05, 0) is 24.3 Å². The first-order valence-corrected chi connectivity index (χ1v) is 5.09. The Morgan fingerprint density at radius 3 is 2.59 bits per heavy atom. The van der Waals surface area contributed by atoms with Gasteiger partial charge in [0.1, 0.15) is 11.6 Å². The Labute approximate surface area is 98.9 Å². The van der Waals surface area contributed by atoms with Crippen LogP contribution < -0.4 is 4.74 Å². The second kappa shape index (κ2) is 4.67. The first kappa shape index (κ1) is 11.2. The lowest BCUT2D eigenvalue weighted by Crippen LogP contribution is -1.90. The summed E-state index contributed by atoms with van der Waals surface area (Å²) in [5.41, 5.74) is 1.40. The van der Waals surface area contributed by atoms with Crippen molar-refractivity contribution in [1.82, 2.24) is 0 Å². The summed E-state index contributed by atoms with van der Waals surface area (Å²) in [4.78, 5) is 0. The molecule has 0 unspecified atom stereocenters. The minimum absolute atomic E-state index is 0.367. The molecule has 0 saturated carbocycles. The van der Waals surface area contributed by atoms with E-state index in [0.29, 0.717) is 22.4 Å². The number of methoxy groups -OCH3 is 1. The molecule has 2 nitrogen and oxygen atoms in total. The summed E-state index contributed by atoms with van der Waals surface area (Å²) < 4.78 is 18.8. The van der Waals surface area contributed by atoms with Gasteiger partial charge in [-0.1, -0.05) is 18.2 Å². The summed E-state index contributed by atoms with van der Waals surface area (Å²) in [6, 6.07) is 13.4. The molecule has 0 aromatic heterocycles. The molecular formula is C14H10FNO. The molecular weight excluding hydrogens is 217 g/mol. The number of benzene rings is 2. The molecule has 3 heteroatoms. The maximum Gasteiger partial charge on any atom is 0.131 e. The number of hydrogen-bond acceptors (Lipinski definition) is 2. The lowest BCUT2D eigenvalue weighted by molar-refractivity contribution is 0.414. The van der Waals surface area contributed by atoms with Crippen molar-refractivity contribution in [3.05, 3.63) is 53.8 Å². The van der Waals surface area contributed by atoms with Crippen LogP contribution in [-0.4, -0.2) is 7.11 Å². The van der Waals surface area contributed by atoms with E-state index < -0.39 is 0 Å². The summed E-state index contributed by atoms with van der Waals surface area (Å²) >= 11 is 0. The third kappa shape index (κ3) is 2.11.